The van der Waals surface area contributed by atoms with Crippen molar-refractivity contribution in [2.75, 3.05) is 7.05 Å². The van der Waals surface area contributed by atoms with E-state index in [1.54, 1.807) is 7.05 Å². The lowest BCUT2D eigenvalue weighted by Crippen LogP contribution is -2.53. The third-order valence-electron chi connectivity index (χ3n) is 3.97. The van der Waals surface area contributed by atoms with E-state index in [2.05, 4.69) is 10.6 Å². The molecule has 0 aromatic heterocycles. The molecular formula is C15H28N2O3. The van der Waals surface area contributed by atoms with Crippen molar-refractivity contribution in [3.63, 3.8) is 0 Å². The molecule has 0 bridgehead atoms. The maximum atomic E-state index is 12.1. The Morgan fingerprint density at radius 1 is 1.20 bits per heavy atom. The van der Waals surface area contributed by atoms with Crippen molar-refractivity contribution in [2.24, 2.45) is 11.3 Å². The van der Waals surface area contributed by atoms with Crippen molar-refractivity contribution >= 4 is 11.8 Å². The summed E-state index contributed by atoms with van der Waals surface area (Å²) in [7, 11) is 1.58. The molecule has 0 heterocycles. The molecule has 0 saturated heterocycles. The van der Waals surface area contributed by atoms with Gasteiger partial charge in [-0.05, 0) is 37.0 Å². The Balaban J connectivity index is 2.52. The van der Waals surface area contributed by atoms with Gasteiger partial charge in [-0.2, -0.15) is 0 Å². The maximum Gasteiger partial charge on any atom is 0.242 e. The largest absolute Gasteiger partial charge is 0.393 e. The summed E-state index contributed by atoms with van der Waals surface area (Å²) in [5.41, 5.74) is -0.321. The van der Waals surface area contributed by atoms with Gasteiger partial charge in [-0.25, -0.2) is 0 Å². The highest BCUT2D eigenvalue weighted by Gasteiger charge is 2.32. The number of carbonyl (C=O) groups is 2. The maximum absolute atomic E-state index is 12.1. The first-order valence-electron chi connectivity index (χ1n) is 7.43. The van der Waals surface area contributed by atoms with Crippen LogP contribution in [0.15, 0.2) is 0 Å². The van der Waals surface area contributed by atoms with Gasteiger partial charge in [0.15, 0.2) is 0 Å². The average Bonchev–Trinajstić information content (AvgIpc) is 2.36. The molecule has 0 aromatic rings. The molecule has 0 spiro atoms. The van der Waals surface area contributed by atoms with Crippen LogP contribution in [0.2, 0.25) is 0 Å². The Kier molecular flexibility index (Phi) is 5.99. The number of aliphatic hydroxyl groups is 1. The Morgan fingerprint density at radius 2 is 1.75 bits per heavy atom. The van der Waals surface area contributed by atoms with Gasteiger partial charge in [-0.3, -0.25) is 9.59 Å². The molecule has 20 heavy (non-hydrogen) atoms. The zero-order valence-corrected chi connectivity index (χ0v) is 13.0. The first kappa shape index (κ1) is 17.0. The molecular weight excluding hydrogens is 256 g/mol. The molecule has 0 aromatic carbocycles. The molecule has 0 radical (unpaired) electrons. The van der Waals surface area contributed by atoms with Gasteiger partial charge in [0.1, 0.15) is 6.04 Å². The van der Waals surface area contributed by atoms with Gasteiger partial charge < -0.3 is 15.7 Å². The monoisotopic (exact) mass is 284 g/mol. The van der Waals surface area contributed by atoms with Gasteiger partial charge in [0, 0.05) is 13.5 Å². The van der Waals surface area contributed by atoms with Crippen molar-refractivity contribution in [3.8, 4) is 0 Å². The van der Waals surface area contributed by atoms with Crippen LogP contribution in [0.1, 0.15) is 52.9 Å². The summed E-state index contributed by atoms with van der Waals surface area (Å²) in [6.07, 6.45) is 3.55. The lowest BCUT2D eigenvalue weighted by atomic mass is 9.84. The van der Waals surface area contributed by atoms with Gasteiger partial charge in [-0.15, -0.1) is 0 Å². The summed E-state index contributed by atoms with van der Waals surface area (Å²) in [4.78, 5) is 24.0. The molecule has 1 rings (SSSR count). The van der Waals surface area contributed by atoms with Crippen molar-refractivity contribution in [2.45, 2.75) is 65.0 Å². The van der Waals surface area contributed by atoms with E-state index in [0.717, 1.165) is 25.7 Å². The zero-order valence-electron chi connectivity index (χ0n) is 13.0. The third kappa shape index (κ3) is 5.12. The van der Waals surface area contributed by atoms with Crippen LogP contribution in [-0.2, 0) is 9.59 Å². The second kappa shape index (κ2) is 7.07. The Labute approximate surface area is 121 Å². The molecule has 5 heteroatoms. The number of nitrogens with one attached hydrogen (secondary N) is 2. The predicted molar refractivity (Wildman–Crippen MR) is 78.0 cm³/mol. The number of hydrogen-bond acceptors (Lipinski definition) is 3. The van der Waals surface area contributed by atoms with Crippen molar-refractivity contribution in [1.82, 2.24) is 10.6 Å². The predicted octanol–water partition coefficient (Wildman–Crippen LogP) is 1.20. The lowest BCUT2D eigenvalue weighted by Gasteiger charge is -2.31. The first-order valence-corrected chi connectivity index (χ1v) is 7.43. The highest BCUT2D eigenvalue weighted by Crippen LogP contribution is 2.27. The number of hydrogen-bond donors (Lipinski definition) is 3. The number of likely N-dealkylation sites (N-methyl/N-ethyl adjacent to an activating group) is 1. The normalized spacial score (nSPS) is 24.9. The molecule has 1 aliphatic rings. The van der Waals surface area contributed by atoms with Crippen LogP contribution in [0.3, 0.4) is 0 Å². The Bertz CT molecular complexity index is 342. The minimum absolute atomic E-state index is 0.0742. The van der Waals surface area contributed by atoms with Crippen molar-refractivity contribution in [3.05, 3.63) is 0 Å². The fourth-order valence-electron chi connectivity index (χ4n) is 2.65. The van der Waals surface area contributed by atoms with Crippen LogP contribution in [0, 0.1) is 11.3 Å². The summed E-state index contributed by atoms with van der Waals surface area (Å²) in [5, 5.41) is 14.9. The third-order valence-corrected chi connectivity index (χ3v) is 3.97. The number of rotatable bonds is 4. The number of aliphatic hydroxyl groups excluding tert-OH is 1. The fraction of sp³-hybridized carbons (Fsp3) is 0.867. The average molecular weight is 284 g/mol. The molecule has 1 saturated carbocycles. The molecule has 3 N–H and O–H groups in total. The molecule has 1 unspecified atom stereocenters. The van der Waals surface area contributed by atoms with E-state index >= 15 is 0 Å². The SMILES string of the molecule is CNC(=O)C(NC(=O)CC1CCC(O)CC1)C(C)(C)C. The summed E-state index contributed by atoms with van der Waals surface area (Å²) in [6, 6.07) is -0.519. The molecule has 1 aliphatic carbocycles. The Morgan fingerprint density at radius 3 is 2.20 bits per heavy atom. The molecule has 1 atom stereocenters. The highest BCUT2D eigenvalue weighted by molar-refractivity contribution is 5.88. The van der Waals surface area contributed by atoms with E-state index in [9.17, 15) is 14.7 Å². The van der Waals surface area contributed by atoms with Gasteiger partial charge in [0.2, 0.25) is 11.8 Å². The van der Waals surface area contributed by atoms with Gasteiger partial charge in [0.25, 0.3) is 0 Å². The number of amides is 2. The van der Waals surface area contributed by atoms with Crippen LogP contribution >= 0.6 is 0 Å². The molecule has 5 nitrogen and oxygen atoms in total. The van der Waals surface area contributed by atoms with Crippen LogP contribution in [-0.4, -0.2) is 36.1 Å². The first-order chi connectivity index (χ1) is 9.24. The van der Waals surface area contributed by atoms with E-state index in [1.165, 1.54) is 0 Å². The minimum Gasteiger partial charge on any atom is -0.393 e. The summed E-state index contributed by atoms with van der Waals surface area (Å²) < 4.78 is 0. The van der Waals surface area contributed by atoms with Crippen LogP contribution in [0.25, 0.3) is 0 Å². The highest BCUT2D eigenvalue weighted by atomic mass is 16.3. The van der Waals surface area contributed by atoms with E-state index in [-0.39, 0.29) is 23.3 Å². The second-order valence-corrected chi connectivity index (χ2v) is 6.86. The van der Waals surface area contributed by atoms with E-state index < -0.39 is 6.04 Å². The van der Waals surface area contributed by atoms with Crippen LogP contribution < -0.4 is 10.6 Å². The number of carbonyl (C=O) groups excluding carboxylic acids is 2. The van der Waals surface area contributed by atoms with Crippen LogP contribution in [0.5, 0.6) is 0 Å². The summed E-state index contributed by atoms with van der Waals surface area (Å²) >= 11 is 0. The van der Waals surface area contributed by atoms with Gasteiger partial charge >= 0.3 is 0 Å². The van der Waals surface area contributed by atoms with Crippen molar-refractivity contribution in [1.29, 1.82) is 0 Å². The molecule has 1 fully saturated rings. The Hall–Kier alpha value is -1.10. The molecule has 2 amide bonds. The second-order valence-electron chi connectivity index (χ2n) is 6.86. The fourth-order valence-corrected chi connectivity index (χ4v) is 2.65. The quantitative estimate of drug-likeness (QED) is 0.726. The minimum atomic E-state index is -0.519. The van der Waals surface area contributed by atoms with E-state index in [4.69, 9.17) is 0 Å². The van der Waals surface area contributed by atoms with E-state index in [1.807, 2.05) is 20.8 Å². The summed E-state index contributed by atoms with van der Waals surface area (Å²) in [5.74, 6) is 0.0866. The van der Waals surface area contributed by atoms with Gasteiger partial charge in [0.05, 0.1) is 6.10 Å². The standard InChI is InChI=1S/C15H28N2O3/c1-15(2,3)13(14(20)16-4)17-12(19)9-10-5-7-11(18)8-6-10/h10-11,13,18H,5-9H2,1-4H3,(H,16,20)(H,17,19). The van der Waals surface area contributed by atoms with E-state index in [0.29, 0.717) is 12.3 Å². The lowest BCUT2D eigenvalue weighted by molar-refractivity contribution is -0.131. The molecule has 116 valence electrons. The van der Waals surface area contributed by atoms with Crippen LogP contribution in [0.4, 0.5) is 0 Å². The smallest absolute Gasteiger partial charge is 0.242 e. The topological polar surface area (TPSA) is 78.4 Å². The molecule has 0 aliphatic heterocycles. The van der Waals surface area contributed by atoms with Gasteiger partial charge in [-0.1, -0.05) is 20.8 Å². The summed E-state index contributed by atoms with van der Waals surface area (Å²) in [6.45, 7) is 5.80. The zero-order chi connectivity index (χ0) is 15.3. The van der Waals surface area contributed by atoms with Crippen molar-refractivity contribution < 1.29 is 14.7 Å².